The van der Waals surface area contributed by atoms with Crippen LogP contribution in [0.1, 0.15) is 19.8 Å². The molecule has 7 nitrogen and oxygen atoms in total. The Balaban J connectivity index is 1.56. The zero-order valence-corrected chi connectivity index (χ0v) is 17.2. The second kappa shape index (κ2) is 9.05. The summed E-state index contributed by atoms with van der Waals surface area (Å²) in [4.78, 5) is 30.2. The molecule has 2 heterocycles. The fourth-order valence-electron chi connectivity index (χ4n) is 3.08. The Bertz CT molecular complexity index is 826. The van der Waals surface area contributed by atoms with Crippen LogP contribution in [0.3, 0.4) is 0 Å². The molecular formula is C20H23BrN4O3. The average molecular weight is 447 g/mol. The number of anilines is 2. The summed E-state index contributed by atoms with van der Waals surface area (Å²) in [5.74, 6) is 0.709. The molecule has 8 heteroatoms. The third-order valence-corrected chi connectivity index (χ3v) is 5.19. The van der Waals surface area contributed by atoms with Gasteiger partial charge in [-0.05, 0) is 56.2 Å². The quantitative estimate of drug-likeness (QED) is 0.710. The molecule has 1 fully saturated rings. The fourth-order valence-corrected chi connectivity index (χ4v) is 3.34. The van der Waals surface area contributed by atoms with E-state index in [4.69, 9.17) is 10.5 Å². The van der Waals surface area contributed by atoms with Gasteiger partial charge < -0.3 is 20.7 Å². The first kappa shape index (κ1) is 20.1. The average Bonchev–Trinajstić information content (AvgIpc) is 2.70. The number of carbonyl (C=O) groups excluding carboxylic acids is 2. The number of benzene rings is 1. The van der Waals surface area contributed by atoms with Gasteiger partial charge in [0.05, 0.1) is 17.8 Å². The molecule has 3 N–H and O–H groups in total. The Hall–Kier alpha value is -2.61. The molecule has 1 aromatic heterocycles. The van der Waals surface area contributed by atoms with Gasteiger partial charge in [0, 0.05) is 17.6 Å². The number of halogens is 1. The van der Waals surface area contributed by atoms with Crippen LogP contribution in [-0.2, 0) is 9.59 Å². The minimum absolute atomic E-state index is 0.147. The first-order valence-electron chi connectivity index (χ1n) is 9.16. The maximum atomic E-state index is 12.4. The fraction of sp³-hybridized carbons (Fsp3) is 0.350. The number of nitrogens with zero attached hydrogens (tertiary/aromatic N) is 2. The van der Waals surface area contributed by atoms with Crippen molar-refractivity contribution in [3.8, 4) is 5.75 Å². The first-order valence-corrected chi connectivity index (χ1v) is 9.95. The van der Waals surface area contributed by atoms with Gasteiger partial charge in [0.1, 0.15) is 11.6 Å². The maximum absolute atomic E-state index is 12.4. The van der Waals surface area contributed by atoms with Crippen LogP contribution in [0.5, 0.6) is 5.75 Å². The molecule has 3 rings (SSSR count). The van der Waals surface area contributed by atoms with Crippen LogP contribution < -0.4 is 20.7 Å². The van der Waals surface area contributed by atoms with Crippen molar-refractivity contribution in [2.45, 2.75) is 25.9 Å². The van der Waals surface area contributed by atoms with Crippen LogP contribution in [0.4, 0.5) is 11.5 Å². The summed E-state index contributed by atoms with van der Waals surface area (Å²) in [5.41, 5.74) is 6.02. The number of carbonyl (C=O) groups is 2. The molecule has 2 atom stereocenters. The van der Waals surface area contributed by atoms with Gasteiger partial charge in [-0.25, -0.2) is 4.98 Å². The van der Waals surface area contributed by atoms with Crippen LogP contribution in [0.25, 0.3) is 0 Å². The van der Waals surface area contributed by atoms with Crippen LogP contribution in [0, 0.1) is 5.92 Å². The summed E-state index contributed by atoms with van der Waals surface area (Å²) >= 11 is 3.36. The number of pyridine rings is 1. The molecule has 1 aliphatic rings. The molecule has 1 saturated heterocycles. The highest BCUT2D eigenvalue weighted by Gasteiger charge is 2.24. The number of piperidine rings is 1. The zero-order valence-electron chi connectivity index (χ0n) is 15.6. The van der Waals surface area contributed by atoms with Crippen molar-refractivity contribution in [2.24, 2.45) is 11.7 Å². The van der Waals surface area contributed by atoms with Gasteiger partial charge in [0.15, 0.2) is 6.10 Å². The number of hydrogen-bond acceptors (Lipinski definition) is 5. The molecule has 1 aromatic carbocycles. The highest BCUT2D eigenvalue weighted by molar-refractivity contribution is 9.10. The molecule has 28 heavy (non-hydrogen) atoms. The lowest BCUT2D eigenvalue weighted by atomic mass is 9.97. The van der Waals surface area contributed by atoms with E-state index in [9.17, 15) is 9.59 Å². The van der Waals surface area contributed by atoms with Crippen molar-refractivity contribution in [2.75, 3.05) is 23.3 Å². The second-order valence-electron chi connectivity index (χ2n) is 6.80. The second-order valence-corrected chi connectivity index (χ2v) is 7.71. The Morgan fingerprint density at radius 1 is 1.29 bits per heavy atom. The molecule has 0 radical (unpaired) electrons. The van der Waals surface area contributed by atoms with E-state index in [-0.39, 0.29) is 17.7 Å². The lowest BCUT2D eigenvalue weighted by Crippen LogP contribution is -2.41. The smallest absolute Gasteiger partial charge is 0.265 e. The molecule has 2 aromatic rings. The highest BCUT2D eigenvalue weighted by atomic mass is 79.9. The molecule has 0 spiro atoms. The molecule has 0 saturated carbocycles. The minimum atomic E-state index is -0.653. The first-order chi connectivity index (χ1) is 13.4. The molecule has 2 amide bonds. The normalized spacial score (nSPS) is 17.6. The van der Waals surface area contributed by atoms with Crippen LogP contribution in [0.15, 0.2) is 47.1 Å². The number of amides is 2. The Kier molecular flexibility index (Phi) is 6.51. The van der Waals surface area contributed by atoms with E-state index in [1.54, 1.807) is 31.3 Å². The standard InChI is InChI=1S/C20H23BrN4O3/c1-13(28-17-7-4-15(21)5-8-17)20(27)24-16-6-9-18(23-11-16)25-10-2-3-14(12-25)19(22)26/h4-9,11,13-14H,2-3,10,12H2,1H3,(H2,22,26)(H,24,27). The lowest BCUT2D eigenvalue weighted by molar-refractivity contribution is -0.122. The zero-order chi connectivity index (χ0) is 20.1. The lowest BCUT2D eigenvalue weighted by Gasteiger charge is -2.32. The Labute approximate surface area is 172 Å². The largest absolute Gasteiger partial charge is 0.481 e. The molecule has 0 aliphatic carbocycles. The summed E-state index contributed by atoms with van der Waals surface area (Å²) in [7, 11) is 0. The number of aromatic nitrogens is 1. The summed E-state index contributed by atoms with van der Waals surface area (Å²) in [6.45, 7) is 3.10. The van der Waals surface area contributed by atoms with Gasteiger partial charge in [0.25, 0.3) is 5.91 Å². The number of nitrogens with one attached hydrogen (secondary N) is 1. The van der Waals surface area contributed by atoms with Crippen molar-refractivity contribution in [3.05, 3.63) is 47.1 Å². The molecule has 2 unspecified atom stereocenters. The SMILES string of the molecule is CC(Oc1ccc(Br)cc1)C(=O)Nc1ccc(N2CCCC(C(N)=O)C2)nc1. The third-order valence-electron chi connectivity index (χ3n) is 4.66. The van der Waals surface area contributed by atoms with Crippen molar-refractivity contribution < 1.29 is 14.3 Å². The van der Waals surface area contributed by atoms with E-state index >= 15 is 0 Å². The Morgan fingerprint density at radius 3 is 2.68 bits per heavy atom. The van der Waals surface area contributed by atoms with Crippen molar-refractivity contribution in [3.63, 3.8) is 0 Å². The van der Waals surface area contributed by atoms with E-state index in [0.717, 1.165) is 29.7 Å². The highest BCUT2D eigenvalue weighted by Crippen LogP contribution is 2.23. The molecule has 0 bridgehead atoms. The van der Waals surface area contributed by atoms with Crippen LogP contribution in [-0.4, -0.2) is 36.0 Å². The van der Waals surface area contributed by atoms with Gasteiger partial charge in [-0.3, -0.25) is 9.59 Å². The minimum Gasteiger partial charge on any atom is -0.481 e. The van der Waals surface area contributed by atoms with Gasteiger partial charge in [0.2, 0.25) is 5.91 Å². The molecule has 1 aliphatic heterocycles. The summed E-state index contributed by atoms with van der Waals surface area (Å²) in [6, 6.07) is 10.9. The van der Waals surface area contributed by atoms with E-state index in [1.807, 2.05) is 23.1 Å². The third kappa shape index (κ3) is 5.22. The summed E-state index contributed by atoms with van der Waals surface area (Å²) in [5, 5.41) is 2.80. The van der Waals surface area contributed by atoms with E-state index in [1.165, 1.54) is 0 Å². The number of primary amides is 1. The molecular weight excluding hydrogens is 424 g/mol. The van der Waals surface area contributed by atoms with E-state index in [0.29, 0.717) is 18.0 Å². The number of nitrogens with two attached hydrogens (primary N) is 1. The number of ether oxygens (including phenoxy) is 1. The topological polar surface area (TPSA) is 97.5 Å². The van der Waals surface area contributed by atoms with Gasteiger partial charge in [-0.15, -0.1) is 0 Å². The Morgan fingerprint density at radius 2 is 2.04 bits per heavy atom. The molecule has 148 valence electrons. The van der Waals surface area contributed by atoms with Crippen molar-refractivity contribution >= 4 is 39.2 Å². The van der Waals surface area contributed by atoms with Gasteiger partial charge >= 0.3 is 0 Å². The summed E-state index contributed by atoms with van der Waals surface area (Å²) in [6.07, 6.45) is 2.67. The number of rotatable bonds is 6. The monoisotopic (exact) mass is 446 g/mol. The van der Waals surface area contributed by atoms with Gasteiger partial charge in [-0.2, -0.15) is 0 Å². The van der Waals surface area contributed by atoms with Crippen LogP contribution in [0.2, 0.25) is 0 Å². The summed E-state index contributed by atoms with van der Waals surface area (Å²) < 4.78 is 6.59. The predicted molar refractivity (Wildman–Crippen MR) is 111 cm³/mol. The van der Waals surface area contributed by atoms with E-state index < -0.39 is 6.10 Å². The van der Waals surface area contributed by atoms with Crippen molar-refractivity contribution in [1.29, 1.82) is 0 Å². The van der Waals surface area contributed by atoms with Crippen molar-refractivity contribution in [1.82, 2.24) is 4.98 Å². The van der Waals surface area contributed by atoms with E-state index in [2.05, 4.69) is 26.2 Å². The van der Waals surface area contributed by atoms with Gasteiger partial charge in [-0.1, -0.05) is 15.9 Å². The maximum Gasteiger partial charge on any atom is 0.265 e. The van der Waals surface area contributed by atoms with Crippen LogP contribution >= 0.6 is 15.9 Å². The number of hydrogen-bond donors (Lipinski definition) is 2. The predicted octanol–water partition coefficient (Wildman–Crippen LogP) is 2.95.